The van der Waals surface area contributed by atoms with E-state index < -0.39 is 0 Å². The standard InChI is InChI=1S/C19H15NO2/c1-22-18-12-10-16(11-13-18)19(21)17(14-20)9-5-8-15-6-3-2-4-7-15/h2-13H,1H3/b8-5+,17-9-. The van der Waals surface area contributed by atoms with Crippen molar-refractivity contribution in [3.63, 3.8) is 0 Å². The predicted molar refractivity (Wildman–Crippen MR) is 86.5 cm³/mol. The molecule has 0 aromatic heterocycles. The Hall–Kier alpha value is -3.12. The number of methoxy groups -OCH3 is 1. The highest BCUT2D eigenvalue weighted by Gasteiger charge is 2.11. The quantitative estimate of drug-likeness (QED) is 0.361. The van der Waals surface area contributed by atoms with Gasteiger partial charge in [0.15, 0.2) is 0 Å². The Morgan fingerprint density at radius 1 is 1.09 bits per heavy atom. The van der Waals surface area contributed by atoms with Crippen LogP contribution < -0.4 is 4.74 Å². The molecule has 0 aliphatic heterocycles. The summed E-state index contributed by atoms with van der Waals surface area (Å²) in [7, 11) is 1.56. The smallest absolute Gasteiger partial charge is 0.203 e. The Bertz CT molecular complexity index is 735. The molecular weight excluding hydrogens is 274 g/mol. The van der Waals surface area contributed by atoms with Crippen molar-refractivity contribution in [1.82, 2.24) is 0 Å². The second-order valence-electron chi connectivity index (χ2n) is 4.52. The van der Waals surface area contributed by atoms with E-state index in [4.69, 9.17) is 10.00 Å². The van der Waals surface area contributed by atoms with Crippen LogP contribution in [0.5, 0.6) is 5.75 Å². The van der Waals surface area contributed by atoms with Gasteiger partial charge in [-0.1, -0.05) is 42.5 Å². The molecule has 2 rings (SSSR count). The lowest BCUT2D eigenvalue weighted by atomic mass is 10.0. The molecule has 0 heterocycles. The maximum absolute atomic E-state index is 12.3. The molecule has 0 unspecified atom stereocenters. The normalized spacial score (nSPS) is 11.2. The van der Waals surface area contributed by atoms with Gasteiger partial charge < -0.3 is 4.74 Å². The monoisotopic (exact) mass is 289 g/mol. The molecule has 0 N–H and O–H groups in total. The number of carbonyl (C=O) groups excluding carboxylic acids is 1. The molecule has 0 fully saturated rings. The first-order chi connectivity index (χ1) is 10.7. The van der Waals surface area contributed by atoms with Gasteiger partial charge in [-0.25, -0.2) is 0 Å². The number of ketones is 1. The second kappa shape index (κ2) is 7.61. The summed E-state index contributed by atoms with van der Waals surface area (Å²) in [5, 5.41) is 9.16. The van der Waals surface area contributed by atoms with Crippen LogP contribution in [0.3, 0.4) is 0 Å². The lowest BCUT2D eigenvalue weighted by Gasteiger charge is -2.01. The summed E-state index contributed by atoms with van der Waals surface area (Å²) in [6.07, 6.45) is 5.08. The number of benzene rings is 2. The Morgan fingerprint density at radius 3 is 2.36 bits per heavy atom. The summed E-state index contributed by atoms with van der Waals surface area (Å²) in [4.78, 5) is 12.3. The lowest BCUT2D eigenvalue weighted by Crippen LogP contribution is -2.01. The van der Waals surface area contributed by atoms with E-state index in [0.29, 0.717) is 11.3 Å². The first kappa shape index (κ1) is 15.3. The number of Topliss-reactive ketones (excluding diaryl/α,β-unsaturated/α-hetero) is 1. The van der Waals surface area contributed by atoms with Gasteiger partial charge in [0.1, 0.15) is 11.8 Å². The molecule has 0 amide bonds. The van der Waals surface area contributed by atoms with E-state index in [1.54, 1.807) is 37.5 Å². The third-order valence-corrected chi connectivity index (χ3v) is 3.07. The molecule has 22 heavy (non-hydrogen) atoms. The summed E-state index contributed by atoms with van der Waals surface area (Å²) in [6.45, 7) is 0. The van der Waals surface area contributed by atoms with Crippen LogP contribution in [0.2, 0.25) is 0 Å². The minimum absolute atomic E-state index is 0.0948. The SMILES string of the molecule is COc1ccc(C(=O)/C(C#N)=C\C=C\c2ccccc2)cc1. The van der Waals surface area contributed by atoms with Crippen molar-refractivity contribution in [2.75, 3.05) is 7.11 Å². The Kier molecular flexibility index (Phi) is 5.28. The first-order valence-corrected chi connectivity index (χ1v) is 6.77. The van der Waals surface area contributed by atoms with E-state index in [0.717, 1.165) is 5.56 Å². The van der Waals surface area contributed by atoms with Crippen molar-refractivity contribution in [2.24, 2.45) is 0 Å². The van der Waals surface area contributed by atoms with E-state index in [9.17, 15) is 4.79 Å². The van der Waals surface area contributed by atoms with Crippen molar-refractivity contribution in [3.05, 3.63) is 83.4 Å². The second-order valence-corrected chi connectivity index (χ2v) is 4.52. The maximum Gasteiger partial charge on any atom is 0.203 e. The number of hydrogen-bond donors (Lipinski definition) is 0. The zero-order valence-corrected chi connectivity index (χ0v) is 12.2. The van der Waals surface area contributed by atoms with Crippen molar-refractivity contribution in [1.29, 1.82) is 5.26 Å². The molecule has 0 bridgehead atoms. The molecule has 0 atom stereocenters. The van der Waals surface area contributed by atoms with Gasteiger partial charge in [-0.05, 0) is 35.9 Å². The number of nitriles is 1. The summed E-state index contributed by atoms with van der Waals surface area (Å²) in [6, 6.07) is 18.3. The topological polar surface area (TPSA) is 50.1 Å². The fourth-order valence-electron chi connectivity index (χ4n) is 1.88. The predicted octanol–water partition coefficient (Wildman–Crippen LogP) is 4.04. The summed E-state index contributed by atoms with van der Waals surface area (Å²) < 4.78 is 5.05. The largest absolute Gasteiger partial charge is 0.497 e. The number of allylic oxidation sites excluding steroid dienone is 3. The fourth-order valence-corrected chi connectivity index (χ4v) is 1.88. The molecule has 0 radical (unpaired) electrons. The lowest BCUT2D eigenvalue weighted by molar-refractivity contribution is 0.103. The van der Waals surface area contributed by atoms with Gasteiger partial charge >= 0.3 is 0 Å². The van der Waals surface area contributed by atoms with Crippen molar-refractivity contribution in [2.45, 2.75) is 0 Å². The highest BCUT2D eigenvalue weighted by atomic mass is 16.5. The van der Waals surface area contributed by atoms with Crippen molar-refractivity contribution >= 4 is 11.9 Å². The maximum atomic E-state index is 12.3. The zero-order valence-electron chi connectivity index (χ0n) is 12.2. The summed E-state index contributed by atoms with van der Waals surface area (Å²) in [5.74, 6) is 0.367. The fraction of sp³-hybridized carbons (Fsp3) is 0.0526. The molecule has 0 aliphatic rings. The van der Waals surface area contributed by atoms with Gasteiger partial charge in [0, 0.05) is 5.56 Å². The molecule has 0 spiro atoms. The Balaban J connectivity index is 2.16. The summed E-state index contributed by atoms with van der Waals surface area (Å²) >= 11 is 0. The summed E-state index contributed by atoms with van der Waals surface area (Å²) in [5.41, 5.74) is 1.56. The van der Waals surface area contributed by atoms with Crippen LogP contribution in [-0.4, -0.2) is 12.9 Å². The molecule has 3 heteroatoms. The van der Waals surface area contributed by atoms with Crippen LogP contribution in [0.1, 0.15) is 15.9 Å². The molecule has 2 aromatic rings. The molecule has 2 aromatic carbocycles. The molecular formula is C19H15NO2. The third kappa shape index (κ3) is 3.94. The molecule has 0 saturated carbocycles. The molecule has 108 valence electrons. The molecule has 0 aliphatic carbocycles. The van der Waals surface area contributed by atoms with E-state index >= 15 is 0 Å². The minimum atomic E-state index is -0.303. The van der Waals surface area contributed by atoms with Crippen LogP contribution in [-0.2, 0) is 0 Å². The number of nitrogens with zero attached hydrogens (tertiary/aromatic N) is 1. The van der Waals surface area contributed by atoms with Crippen LogP contribution in [0.25, 0.3) is 6.08 Å². The van der Waals surface area contributed by atoms with Gasteiger partial charge in [0.25, 0.3) is 0 Å². The van der Waals surface area contributed by atoms with Gasteiger partial charge in [-0.2, -0.15) is 5.26 Å². The van der Waals surface area contributed by atoms with Crippen LogP contribution in [0, 0.1) is 11.3 Å². The van der Waals surface area contributed by atoms with Crippen LogP contribution >= 0.6 is 0 Å². The molecule has 0 saturated heterocycles. The van der Waals surface area contributed by atoms with Gasteiger partial charge in [0.05, 0.1) is 12.7 Å². The highest BCUT2D eigenvalue weighted by molar-refractivity contribution is 6.11. The van der Waals surface area contributed by atoms with Gasteiger partial charge in [-0.15, -0.1) is 0 Å². The van der Waals surface area contributed by atoms with Crippen LogP contribution in [0.15, 0.2) is 72.3 Å². The average Bonchev–Trinajstić information content (AvgIpc) is 2.59. The van der Waals surface area contributed by atoms with Gasteiger partial charge in [-0.3, -0.25) is 4.79 Å². The van der Waals surface area contributed by atoms with E-state index in [2.05, 4.69) is 0 Å². The molecule has 3 nitrogen and oxygen atoms in total. The number of carbonyl (C=O) groups is 1. The van der Waals surface area contributed by atoms with Crippen LogP contribution in [0.4, 0.5) is 0 Å². The minimum Gasteiger partial charge on any atom is -0.497 e. The third-order valence-electron chi connectivity index (χ3n) is 3.07. The Morgan fingerprint density at radius 2 is 1.77 bits per heavy atom. The van der Waals surface area contributed by atoms with E-state index in [1.165, 1.54) is 6.08 Å². The van der Waals surface area contributed by atoms with Gasteiger partial charge in [0.2, 0.25) is 5.78 Å². The first-order valence-electron chi connectivity index (χ1n) is 6.77. The van der Waals surface area contributed by atoms with E-state index in [1.807, 2.05) is 42.5 Å². The van der Waals surface area contributed by atoms with E-state index in [-0.39, 0.29) is 11.4 Å². The number of rotatable bonds is 5. The van der Waals surface area contributed by atoms with Crippen molar-refractivity contribution < 1.29 is 9.53 Å². The number of ether oxygens (including phenoxy) is 1. The number of hydrogen-bond acceptors (Lipinski definition) is 3. The Labute approximate surface area is 129 Å². The van der Waals surface area contributed by atoms with Crippen molar-refractivity contribution in [3.8, 4) is 11.8 Å². The highest BCUT2D eigenvalue weighted by Crippen LogP contribution is 2.14. The zero-order chi connectivity index (χ0) is 15.8. The average molecular weight is 289 g/mol.